The van der Waals surface area contributed by atoms with Gasteiger partial charge in [0.25, 0.3) is 0 Å². The molecule has 0 radical (unpaired) electrons. The lowest BCUT2D eigenvalue weighted by Crippen LogP contribution is -2.38. The van der Waals surface area contributed by atoms with E-state index in [0.29, 0.717) is 0 Å². The predicted molar refractivity (Wildman–Crippen MR) is 71.5 cm³/mol. The second kappa shape index (κ2) is 5.46. The zero-order valence-corrected chi connectivity index (χ0v) is 11.4. The number of halogens is 1. The number of hydrogen-bond donors (Lipinski definition) is 2. The van der Waals surface area contributed by atoms with Gasteiger partial charge in [-0.15, -0.1) is 0 Å². The number of nitrogens with two attached hydrogens (primary N) is 1. The number of sulfonamides is 1. The van der Waals surface area contributed by atoms with Crippen LogP contribution in [0.15, 0.2) is 23.1 Å². The number of hydrogen-bond acceptors (Lipinski definition) is 4. The lowest BCUT2D eigenvalue weighted by Gasteiger charge is -2.22. The van der Waals surface area contributed by atoms with Gasteiger partial charge in [-0.1, -0.05) is 0 Å². The number of benzene rings is 1. The van der Waals surface area contributed by atoms with Crippen LogP contribution in [0.25, 0.3) is 0 Å². The second-order valence-corrected chi connectivity index (χ2v) is 7.08. The van der Waals surface area contributed by atoms with Crippen molar-refractivity contribution in [3.8, 4) is 0 Å². The van der Waals surface area contributed by atoms with E-state index in [1.54, 1.807) is 11.8 Å². The molecule has 100 valence electrons. The van der Waals surface area contributed by atoms with Crippen molar-refractivity contribution in [1.29, 1.82) is 0 Å². The van der Waals surface area contributed by atoms with Crippen LogP contribution in [0.1, 0.15) is 12.8 Å². The molecule has 7 heteroatoms. The van der Waals surface area contributed by atoms with E-state index in [2.05, 4.69) is 4.72 Å². The molecule has 0 aliphatic carbocycles. The summed E-state index contributed by atoms with van der Waals surface area (Å²) in [5.41, 5.74) is 5.27. The van der Waals surface area contributed by atoms with Crippen LogP contribution < -0.4 is 10.5 Å². The van der Waals surface area contributed by atoms with Crippen LogP contribution in [-0.4, -0.2) is 26.0 Å². The Morgan fingerprint density at radius 1 is 1.44 bits per heavy atom. The third-order valence-electron chi connectivity index (χ3n) is 2.76. The van der Waals surface area contributed by atoms with Gasteiger partial charge in [-0.05, 0) is 36.8 Å². The molecule has 1 atom stereocenters. The van der Waals surface area contributed by atoms with Gasteiger partial charge in [-0.25, -0.2) is 17.5 Å². The highest BCUT2D eigenvalue weighted by Crippen LogP contribution is 2.20. The molecule has 1 aromatic rings. The van der Waals surface area contributed by atoms with Gasteiger partial charge in [0.2, 0.25) is 10.0 Å². The average Bonchev–Trinajstić information content (AvgIpc) is 2.33. The fourth-order valence-electron chi connectivity index (χ4n) is 1.80. The predicted octanol–water partition coefficient (Wildman–Crippen LogP) is 1.58. The molecule has 1 fully saturated rings. The Labute approximate surface area is 110 Å². The molecule has 0 aromatic heterocycles. The fourth-order valence-corrected chi connectivity index (χ4v) is 4.26. The smallest absolute Gasteiger partial charge is 0.240 e. The Hall–Kier alpha value is -0.790. The lowest BCUT2D eigenvalue weighted by molar-refractivity contribution is 0.541. The summed E-state index contributed by atoms with van der Waals surface area (Å²) in [5.74, 6) is 1.11. The number of anilines is 1. The number of rotatable bonds is 3. The summed E-state index contributed by atoms with van der Waals surface area (Å²) in [6, 6.07) is 3.46. The molecule has 18 heavy (non-hydrogen) atoms. The highest BCUT2D eigenvalue weighted by molar-refractivity contribution is 7.99. The molecular weight excluding hydrogens is 275 g/mol. The van der Waals surface area contributed by atoms with Crippen LogP contribution in [0.4, 0.5) is 10.1 Å². The number of nitrogen functional groups attached to an aromatic ring is 1. The molecule has 3 N–H and O–H groups in total. The van der Waals surface area contributed by atoms with Gasteiger partial charge in [0.15, 0.2) is 0 Å². The zero-order valence-electron chi connectivity index (χ0n) is 9.73. The molecule has 2 rings (SSSR count). The normalized spacial score (nSPS) is 20.8. The maximum atomic E-state index is 13.3. The SMILES string of the molecule is Nc1ccc(S(=O)(=O)NC2CCCSC2)cc1F. The maximum absolute atomic E-state index is 13.3. The minimum Gasteiger partial charge on any atom is -0.396 e. The Kier molecular flexibility index (Phi) is 4.14. The van der Waals surface area contributed by atoms with Gasteiger partial charge in [-0.2, -0.15) is 11.8 Å². The van der Waals surface area contributed by atoms with Crippen LogP contribution in [0.2, 0.25) is 0 Å². The standard InChI is InChI=1S/C11H15FN2O2S2/c12-10-6-9(3-4-11(10)13)18(15,16)14-8-2-1-5-17-7-8/h3-4,6,8,14H,1-2,5,7,13H2. The van der Waals surface area contributed by atoms with E-state index in [9.17, 15) is 12.8 Å². The summed E-state index contributed by atoms with van der Waals surface area (Å²) >= 11 is 1.72. The molecule has 1 unspecified atom stereocenters. The van der Waals surface area contributed by atoms with E-state index < -0.39 is 15.8 Å². The van der Waals surface area contributed by atoms with Crippen molar-refractivity contribution in [3.05, 3.63) is 24.0 Å². The van der Waals surface area contributed by atoms with E-state index in [1.165, 1.54) is 12.1 Å². The van der Waals surface area contributed by atoms with Crippen LogP contribution >= 0.6 is 11.8 Å². The molecule has 1 aliphatic rings. The van der Waals surface area contributed by atoms with Gasteiger partial charge >= 0.3 is 0 Å². The highest BCUT2D eigenvalue weighted by Gasteiger charge is 2.22. The van der Waals surface area contributed by atoms with Crippen molar-refractivity contribution in [2.75, 3.05) is 17.2 Å². The Morgan fingerprint density at radius 2 is 2.22 bits per heavy atom. The van der Waals surface area contributed by atoms with Crippen molar-refractivity contribution in [1.82, 2.24) is 4.72 Å². The van der Waals surface area contributed by atoms with E-state index in [1.807, 2.05) is 0 Å². The van der Waals surface area contributed by atoms with Crippen LogP contribution in [0.3, 0.4) is 0 Å². The first-order valence-electron chi connectivity index (χ1n) is 5.64. The summed E-state index contributed by atoms with van der Waals surface area (Å²) in [7, 11) is -3.66. The molecule has 1 heterocycles. The Balaban J connectivity index is 2.16. The number of nitrogens with one attached hydrogen (secondary N) is 1. The lowest BCUT2D eigenvalue weighted by atomic mass is 10.2. The molecule has 4 nitrogen and oxygen atoms in total. The first-order valence-corrected chi connectivity index (χ1v) is 8.28. The molecular formula is C11H15FN2O2S2. The maximum Gasteiger partial charge on any atom is 0.240 e. The van der Waals surface area contributed by atoms with Crippen molar-refractivity contribution in [2.24, 2.45) is 0 Å². The van der Waals surface area contributed by atoms with Crippen molar-refractivity contribution >= 4 is 27.5 Å². The van der Waals surface area contributed by atoms with Gasteiger partial charge in [0.1, 0.15) is 5.82 Å². The minimum absolute atomic E-state index is 0.0535. The first-order chi connectivity index (χ1) is 8.49. The molecule has 0 spiro atoms. The van der Waals surface area contributed by atoms with Gasteiger partial charge in [-0.3, -0.25) is 0 Å². The van der Waals surface area contributed by atoms with Gasteiger partial charge < -0.3 is 5.73 Å². The topological polar surface area (TPSA) is 72.2 Å². The summed E-state index contributed by atoms with van der Waals surface area (Å²) in [5, 5.41) is 0. The molecule has 1 aromatic carbocycles. The van der Waals surface area contributed by atoms with Gasteiger partial charge in [0.05, 0.1) is 10.6 Å². The molecule has 0 amide bonds. The van der Waals surface area contributed by atoms with E-state index in [0.717, 1.165) is 30.4 Å². The average molecular weight is 290 g/mol. The fraction of sp³-hybridized carbons (Fsp3) is 0.455. The summed E-state index contributed by atoms with van der Waals surface area (Å²) in [4.78, 5) is -0.0789. The summed E-state index contributed by atoms with van der Waals surface area (Å²) < 4.78 is 39.9. The van der Waals surface area contributed by atoms with Crippen LogP contribution in [0.5, 0.6) is 0 Å². The largest absolute Gasteiger partial charge is 0.396 e. The van der Waals surface area contributed by atoms with Crippen molar-refractivity contribution in [3.63, 3.8) is 0 Å². The number of thioether (sulfide) groups is 1. The summed E-state index contributed by atoms with van der Waals surface area (Å²) in [6.07, 6.45) is 1.82. The van der Waals surface area contributed by atoms with Crippen LogP contribution in [-0.2, 0) is 10.0 Å². The van der Waals surface area contributed by atoms with E-state index >= 15 is 0 Å². The summed E-state index contributed by atoms with van der Waals surface area (Å²) in [6.45, 7) is 0. The minimum atomic E-state index is -3.66. The third kappa shape index (κ3) is 3.15. The van der Waals surface area contributed by atoms with Crippen molar-refractivity contribution in [2.45, 2.75) is 23.8 Å². The van der Waals surface area contributed by atoms with Gasteiger partial charge in [0, 0.05) is 11.8 Å². The first kappa shape index (κ1) is 13.6. The molecule has 0 bridgehead atoms. The highest BCUT2D eigenvalue weighted by atomic mass is 32.2. The quantitative estimate of drug-likeness (QED) is 0.829. The zero-order chi connectivity index (χ0) is 13.2. The van der Waals surface area contributed by atoms with E-state index in [4.69, 9.17) is 5.73 Å². The van der Waals surface area contributed by atoms with E-state index in [-0.39, 0.29) is 16.6 Å². The molecule has 0 saturated carbocycles. The van der Waals surface area contributed by atoms with Crippen LogP contribution in [0, 0.1) is 5.82 Å². The second-order valence-electron chi connectivity index (χ2n) is 4.22. The third-order valence-corrected chi connectivity index (χ3v) is 5.50. The molecule has 1 saturated heterocycles. The Bertz CT molecular complexity index is 528. The molecule has 1 aliphatic heterocycles. The monoisotopic (exact) mass is 290 g/mol. The van der Waals surface area contributed by atoms with Crippen molar-refractivity contribution < 1.29 is 12.8 Å². The Morgan fingerprint density at radius 3 is 2.83 bits per heavy atom.